The lowest BCUT2D eigenvalue weighted by Crippen LogP contribution is -2.37. The van der Waals surface area contributed by atoms with Crippen LogP contribution in [0.4, 0.5) is 5.82 Å². The molecule has 4 N–H and O–H groups in total. The third kappa shape index (κ3) is 6.87. The zero-order chi connectivity index (χ0) is 24.9. The van der Waals surface area contributed by atoms with Gasteiger partial charge in [-0.3, -0.25) is 13.9 Å². The van der Waals surface area contributed by atoms with Crippen molar-refractivity contribution in [3.63, 3.8) is 0 Å². The molecule has 12 nitrogen and oxygen atoms in total. The first-order valence-electron chi connectivity index (χ1n) is 10.7. The van der Waals surface area contributed by atoms with Crippen molar-refractivity contribution in [3.05, 3.63) is 53.1 Å². The van der Waals surface area contributed by atoms with Gasteiger partial charge in [0.25, 0.3) is 0 Å². The number of esters is 1. The van der Waals surface area contributed by atoms with Crippen molar-refractivity contribution in [2.45, 2.75) is 57.8 Å². The number of anilines is 1. The molecule has 1 aromatic heterocycles. The number of aliphatic hydroxyl groups is 1. The minimum atomic E-state index is -4.12. The summed E-state index contributed by atoms with van der Waals surface area (Å²) in [5, 5.41) is 13.0. The molecule has 2 heterocycles. The van der Waals surface area contributed by atoms with E-state index in [1.54, 1.807) is 44.2 Å². The van der Waals surface area contributed by atoms with Crippen LogP contribution < -0.4 is 21.0 Å². The van der Waals surface area contributed by atoms with Crippen molar-refractivity contribution < 1.29 is 33.0 Å². The molecule has 0 bridgehead atoms. The van der Waals surface area contributed by atoms with Gasteiger partial charge < -0.3 is 24.8 Å². The van der Waals surface area contributed by atoms with Gasteiger partial charge in [0.05, 0.1) is 18.8 Å². The van der Waals surface area contributed by atoms with Crippen LogP contribution in [0.5, 0.6) is 5.75 Å². The Morgan fingerprint density at radius 1 is 1.32 bits per heavy atom. The molecule has 1 fully saturated rings. The number of aliphatic hydroxyl groups excluding tert-OH is 1. The second-order valence-electron chi connectivity index (χ2n) is 8.01. The summed E-state index contributed by atoms with van der Waals surface area (Å²) in [5.74, 6) is -0.328. The molecular formula is C21H29N4O8P. The van der Waals surface area contributed by atoms with E-state index in [4.69, 9.17) is 24.3 Å². The SMILES string of the molecule is CC(C)OC(=O)[C@@H](C)NP(=O)(OC[C@H]1O[C@@H](n2ccc(N)nc2=O)C[C@H]1O)Oc1ccccc1. The van der Waals surface area contributed by atoms with E-state index < -0.39 is 43.9 Å². The van der Waals surface area contributed by atoms with Gasteiger partial charge in [0.2, 0.25) is 0 Å². The van der Waals surface area contributed by atoms with Crippen molar-refractivity contribution >= 4 is 19.5 Å². The first-order valence-corrected chi connectivity index (χ1v) is 12.3. The zero-order valence-corrected chi connectivity index (χ0v) is 20.0. The number of aromatic nitrogens is 2. The molecule has 0 aliphatic carbocycles. The van der Waals surface area contributed by atoms with E-state index in [9.17, 15) is 19.3 Å². The van der Waals surface area contributed by atoms with Crippen molar-refractivity contribution in [3.8, 4) is 5.75 Å². The standard InChI is InChI=1S/C21H29N4O8P/c1-13(2)31-20(27)14(3)24-34(29,33-15-7-5-4-6-8-15)30-12-17-16(26)11-19(32-17)25-10-9-18(22)23-21(25)28/h4-10,13-14,16-17,19,26H,11-12H2,1-3H3,(H,24,29)(H2,22,23,28)/t14-,16-,17-,19-,34?/m1/s1. The molecule has 0 radical (unpaired) electrons. The molecule has 34 heavy (non-hydrogen) atoms. The molecule has 1 aliphatic rings. The first kappa shape index (κ1) is 25.9. The maximum atomic E-state index is 13.5. The predicted molar refractivity (Wildman–Crippen MR) is 122 cm³/mol. The minimum absolute atomic E-state index is 0.0647. The van der Waals surface area contributed by atoms with Crippen LogP contribution in [-0.2, 0) is 23.4 Å². The van der Waals surface area contributed by atoms with Crippen LogP contribution in [0, 0.1) is 0 Å². The second-order valence-corrected chi connectivity index (χ2v) is 9.70. The number of nitrogen functional groups attached to an aromatic ring is 1. The zero-order valence-electron chi connectivity index (χ0n) is 19.1. The van der Waals surface area contributed by atoms with E-state index in [2.05, 4.69) is 10.1 Å². The van der Waals surface area contributed by atoms with E-state index in [0.29, 0.717) is 0 Å². The third-order valence-corrected chi connectivity index (χ3v) is 6.44. The Kier molecular flexibility index (Phi) is 8.45. The van der Waals surface area contributed by atoms with E-state index in [0.717, 1.165) is 0 Å². The van der Waals surface area contributed by atoms with Crippen molar-refractivity contribution in [2.24, 2.45) is 0 Å². The Morgan fingerprint density at radius 3 is 2.68 bits per heavy atom. The number of hydrogen-bond acceptors (Lipinski definition) is 10. The number of carbonyl (C=O) groups excluding carboxylic acids is 1. The minimum Gasteiger partial charge on any atom is -0.462 e. The maximum absolute atomic E-state index is 13.5. The molecule has 1 aromatic carbocycles. The smallest absolute Gasteiger partial charge is 0.459 e. The van der Waals surface area contributed by atoms with Crippen molar-refractivity contribution in [1.29, 1.82) is 0 Å². The van der Waals surface area contributed by atoms with Crippen LogP contribution in [0.25, 0.3) is 0 Å². The fourth-order valence-corrected chi connectivity index (χ4v) is 4.69. The molecule has 0 saturated carbocycles. The molecule has 1 unspecified atom stereocenters. The van der Waals surface area contributed by atoms with Crippen LogP contribution in [-0.4, -0.2) is 51.6 Å². The van der Waals surface area contributed by atoms with Gasteiger partial charge in [-0.1, -0.05) is 18.2 Å². The lowest BCUT2D eigenvalue weighted by Gasteiger charge is -2.25. The Bertz CT molecular complexity index is 1080. The van der Waals surface area contributed by atoms with E-state index in [1.807, 2.05) is 0 Å². The lowest BCUT2D eigenvalue weighted by molar-refractivity contribution is -0.149. The van der Waals surface area contributed by atoms with Gasteiger partial charge in [-0.15, -0.1) is 0 Å². The number of hydrogen-bond donors (Lipinski definition) is 3. The fraction of sp³-hybridized carbons (Fsp3) is 0.476. The van der Waals surface area contributed by atoms with Crippen LogP contribution >= 0.6 is 7.75 Å². The molecule has 1 aliphatic heterocycles. The topological polar surface area (TPSA) is 164 Å². The normalized spacial score (nSPS) is 22.8. The number of carbonyl (C=O) groups is 1. The van der Waals surface area contributed by atoms with Gasteiger partial charge in [0.15, 0.2) is 0 Å². The van der Waals surface area contributed by atoms with E-state index in [1.165, 1.54) is 23.8 Å². The van der Waals surface area contributed by atoms with E-state index in [-0.39, 0.29) is 30.7 Å². The van der Waals surface area contributed by atoms with Gasteiger partial charge in [-0.2, -0.15) is 10.1 Å². The predicted octanol–water partition coefficient (Wildman–Crippen LogP) is 1.61. The Morgan fingerprint density at radius 2 is 2.03 bits per heavy atom. The Hall–Kier alpha value is -2.76. The first-order chi connectivity index (χ1) is 16.1. The quantitative estimate of drug-likeness (QED) is 0.323. The highest BCUT2D eigenvalue weighted by molar-refractivity contribution is 7.52. The van der Waals surface area contributed by atoms with Crippen molar-refractivity contribution in [1.82, 2.24) is 14.6 Å². The molecule has 2 aromatic rings. The average Bonchev–Trinajstić information content (AvgIpc) is 3.12. The summed E-state index contributed by atoms with van der Waals surface area (Å²) in [6.07, 6.45) is -1.64. The summed E-state index contributed by atoms with van der Waals surface area (Å²) in [5.41, 5.74) is 4.88. The number of ether oxygens (including phenoxy) is 2. The number of nitrogens with zero attached hydrogens (tertiary/aromatic N) is 2. The molecule has 5 atom stereocenters. The van der Waals surface area contributed by atoms with Gasteiger partial charge in [-0.05, 0) is 39.0 Å². The van der Waals surface area contributed by atoms with Crippen LogP contribution in [0.2, 0.25) is 0 Å². The Labute approximate surface area is 196 Å². The number of para-hydroxylation sites is 1. The summed E-state index contributed by atoms with van der Waals surface area (Å²) in [4.78, 5) is 27.9. The number of benzene rings is 1. The van der Waals surface area contributed by atoms with E-state index >= 15 is 0 Å². The molecule has 186 valence electrons. The molecule has 0 spiro atoms. The van der Waals surface area contributed by atoms with Crippen LogP contribution in [0.3, 0.4) is 0 Å². The summed E-state index contributed by atoms with van der Waals surface area (Å²) in [7, 11) is -4.12. The summed E-state index contributed by atoms with van der Waals surface area (Å²) in [6.45, 7) is 4.50. The van der Waals surface area contributed by atoms with Crippen LogP contribution in [0.15, 0.2) is 47.4 Å². The largest absolute Gasteiger partial charge is 0.462 e. The summed E-state index contributed by atoms with van der Waals surface area (Å²) < 4.78 is 36.7. The number of nitrogens with one attached hydrogen (secondary N) is 1. The maximum Gasteiger partial charge on any atom is 0.459 e. The fourth-order valence-electron chi connectivity index (χ4n) is 3.19. The number of rotatable bonds is 10. The summed E-state index contributed by atoms with van der Waals surface area (Å²) in [6, 6.07) is 8.69. The molecule has 3 rings (SSSR count). The number of nitrogens with two attached hydrogens (primary N) is 1. The highest BCUT2D eigenvalue weighted by Crippen LogP contribution is 2.45. The Balaban J connectivity index is 1.71. The highest BCUT2D eigenvalue weighted by atomic mass is 31.2. The average molecular weight is 496 g/mol. The van der Waals surface area contributed by atoms with Crippen LogP contribution in [0.1, 0.15) is 33.4 Å². The monoisotopic (exact) mass is 496 g/mol. The van der Waals surface area contributed by atoms with Crippen molar-refractivity contribution in [2.75, 3.05) is 12.3 Å². The van der Waals surface area contributed by atoms with Gasteiger partial charge >= 0.3 is 19.4 Å². The lowest BCUT2D eigenvalue weighted by atomic mass is 10.2. The molecular weight excluding hydrogens is 467 g/mol. The van der Waals surface area contributed by atoms with Gasteiger partial charge in [-0.25, -0.2) is 9.36 Å². The molecule has 13 heteroatoms. The van der Waals surface area contributed by atoms with Gasteiger partial charge in [0, 0.05) is 12.6 Å². The van der Waals surface area contributed by atoms with Gasteiger partial charge in [0.1, 0.15) is 29.9 Å². The molecule has 1 saturated heterocycles. The summed E-state index contributed by atoms with van der Waals surface area (Å²) >= 11 is 0. The third-order valence-electron chi connectivity index (χ3n) is 4.80. The molecule has 0 amide bonds. The second kappa shape index (κ2) is 11.1. The highest BCUT2D eigenvalue weighted by Gasteiger charge is 2.39.